The number of carbonyl (C=O) groups excluding carboxylic acids is 1. The van der Waals surface area contributed by atoms with Gasteiger partial charge in [0.2, 0.25) is 5.91 Å². The number of aliphatic hydroxyl groups is 1. The van der Waals surface area contributed by atoms with Crippen LogP contribution in [0.2, 0.25) is 0 Å². The van der Waals surface area contributed by atoms with Gasteiger partial charge in [-0.2, -0.15) is 0 Å². The number of aryl methyl sites for hydroxylation is 1. The van der Waals surface area contributed by atoms with Gasteiger partial charge in [0, 0.05) is 17.4 Å². The average molecular weight is 330 g/mol. The monoisotopic (exact) mass is 329 g/mol. The van der Waals surface area contributed by atoms with E-state index in [-0.39, 0.29) is 11.7 Å². The van der Waals surface area contributed by atoms with E-state index in [1.807, 2.05) is 0 Å². The Hall–Kier alpha value is -0.940. The van der Waals surface area contributed by atoms with Gasteiger partial charge >= 0.3 is 0 Å². The number of benzene rings is 1. The van der Waals surface area contributed by atoms with E-state index in [1.165, 1.54) is 12.1 Å². The molecular weight excluding hydrogens is 313 g/mol. The topological polar surface area (TPSA) is 49.3 Å². The van der Waals surface area contributed by atoms with Gasteiger partial charge in [-0.3, -0.25) is 4.79 Å². The number of carbonyl (C=O) groups is 1. The van der Waals surface area contributed by atoms with Crippen molar-refractivity contribution in [2.45, 2.75) is 31.8 Å². The van der Waals surface area contributed by atoms with Crippen LogP contribution in [0.3, 0.4) is 0 Å². The molecule has 1 aliphatic rings. The summed E-state index contributed by atoms with van der Waals surface area (Å²) in [5.74, 6) is -0.0590. The third-order valence-electron chi connectivity index (χ3n) is 3.30. The number of aliphatic hydroxyl groups excluding tert-OH is 1. The largest absolute Gasteiger partial charge is 0.391 e. The van der Waals surface area contributed by atoms with E-state index >= 15 is 0 Å². The van der Waals surface area contributed by atoms with Crippen molar-refractivity contribution in [1.29, 1.82) is 0 Å². The minimum absolute atomic E-state index is 0.115. The first-order chi connectivity index (χ1) is 9.06. The molecule has 5 heteroatoms. The van der Waals surface area contributed by atoms with E-state index in [0.29, 0.717) is 25.3 Å². The Morgan fingerprint density at radius 2 is 2.26 bits per heavy atom. The Morgan fingerprint density at radius 1 is 1.53 bits per heavy atom. The van der Waals surface area contributed by atoms with Gasteiger partial charge < -0.3 is 10.4 Å². The second-order valence-corrected chi connectivity index (χ2v) is 5.80. The normalized spacial score (nSPS) is 16.2. The van der Waals surface area contributed by atoms with E-state index < -0.39 is 6.10 Å². The van der Waals surface area contributed by atoms with Crippen molar-refractivity contribution in [2.75, 3.05) is 6.54 Å². The predicted molar refractivity (Wildman–Crippen MR) is 74.2 cm³/mol. The van der Waals surface area contributed by atoms with E-state index in [0.717, 1.165) is 22.9 Å². The Morgan fingerprint density at radius 3 is 2.95 bits per heavy atom. The third-order valence-corrected chi connectivity index (χ3v) is 4.08. The fourth-order valence-corrected chi connectivity index (χ4v) is 2.38. The predicted octanol–water partition coefficient (Wildman–Crippen LogP) is 2.41. The molecule has 1 amide bonds. The lowest BCUT2D eigenvalue weighted by atomic mass is 10.1. The summed E-state index contributed by atoms with van der Waals surface area (Å²) in [5.41, 5.74) is 0.776. The molecule has 0 spiro atoms. The number of hydrogen-bond acceptors (Lipinski definition) is 2. The Kier molecular flexibility index (Phi) is 4.93. The lowest BCUT2D eigenvalue weighted by Gasteiger charge is -2.11. The van der Waals surface area contributed by atoms with Gasteiger partial charge in [0.15, 0.2) is 0 Å². The van der Waals surface area contributed by atoms with Crippen LogP contribution in [0.1, 0.15) is 24.8 Å². The van der Waals surface area contributed by atoms with E-state index in [2.05, 4.69) is 21.2 Å². The number of halogens is 2. The van der Waals surface area contributed by atoms with Gasteiger partial charge in [-0.25, -0.2) is 4.39 Å². The molecule has 0 heterocycles. The molecule has 0 bridgehead atoms. The third kappa shape index (κ3) is 4.58. The minimum Gasteiger partial charge on any atom is -0.391 e. The number of amides is 1. The van der Waals surface area contributed by atoms with Gasteiger partial charge in [0.25, 0.3) is 0 Å². The van der Waals surface area contributed by atoms with Crippen LogP contribution in [0.5, 0.6) is 0 Å². The van der Waals surface area contributed by atoms with Crippen molar-refractivity contribution in [1.82, 2.24) is 5.32 Å². The quantitative estimate of drug-likeness (QED) is 0.842. The van der Waals surface area contributed by atoms with Gasteiger partial charge in [0.05, 0.1) is 6.10 Å². The Balaban J connectivity index is 1.74. The maximum atomic E-state index is 13.1. The van der Waals surface area contributed by atoms with Gasteiger partial charge in [0.1, 0.15) is 5.82 Å². The summed E-state index contributed by atoms with van der Waals surface area (Å²) in [7, 11) is 0. The highest BCUT2D eigenvalue weighted by molar-refractivity contribution is 9.10. The van der Waals surface area contributed by atoms with Crippen LogP contribution >= 0.6 is 15.9 Å². The molecule has 0 radical (unpaired) electrons. The van der Waals surface area contributed by atoms with Gasteiger partial charge in [-0.05, 0) is 48.9 Å². The van der Waals surface area contributed by atoms with Crippen molar-refractivity contribution >= 4 is 21.8 Å². The molecule has 0 unspecified atom stereocenters. The summed E-state index contributed by atoms with van der Waals surface area (Å²) < 4.78 is 13.9. The second-order valence-electron chi connectivity index (χ2n) is 4.94. The molecule has 104 valence electrons. The lowest BCUT2D eigenvalue weighted by molar-refractivity contribution is -0.121. The van der Waals surface area contributed by atoms with Crippen molar-refractivity contribution in [3.05, 3.63) is 34.1 Å². The maximum absolute atomic E-state index is 13.1. The van der Waals surface area contributed by atoms with Crippen LogP contribution in [0.25, 0.3) is 0 Å². The van der Waals surface area contributed by atoms with Crippen LogP contribution in [0.4, 0.5) is 4.39 Å². The minimum atomic E-state index is -0.426. The van der Waals surface area contributed by atoms with Crippen LogP contribution < -0.4 is 5.32 Å². The average Bonchev–Trinajstić information content (AvgIpc) is 3.21. The van der Waals surface area contributed by atoms with Crippen LogP contribution in [-0.2, 0) is 11.2 Å². The zero-order valence-corrected chi connectivity index (χ0v) is 12.1. The maximum Gasteiger partial charge on any atom is 0.220 e. The van der Waals surface area contributed by atoms with Crippen molar-refractivity contribution < 1.29 is 14.3 Å². The van der Waals surface area contributed by atoms with Crippen molar-refractivity contribution in [3.63, 3.8) is 0 Å². The fraction of sp³-hybridized carbons (Fsp3) is 0.500. The first-order valence-electron chi connectivity index (χ1n) is 6.45. The standard InChI is InChI=1S/C14H17BrFNO2/c15-12-5-4-11(16)7-10(12)3-6-14(19)17-8-13(18)9-1-2-9/h4-5,7,9,13,18H,1-3,6,8H2,(H,17,19)/t13-/m1/s1. The van der Waals surface area contributed by atoms with Crippen LogP contribution in [0.15, 0.2) is 22.7 Å². The highest BCUT2D eigenvalue weighted by Gasteiger charge is 2.29. The second kappa shape index (κ2) is 6.48. The zero-order valence-electron chi connectivity index (χ0n) is 10.5. The summed E-state index contributed by atoms with van der Waals surface area (Å²) in [5, 5.41) is 12.3. The molecular formula is C14H17BrFNO2. The van der Waals surface area contributed by atoms with Crippen LogP contribution in [0, 0.1) is 11.7 Å². The zero-order chi connectivity index (χ0) is 13.8. The first-order valence-corrected chi connectivity index (χ1v) is 7.24. The van der Waals surface area contributed by atoms with Gasteiger partial charge in [-0.15, -0.1) is 0 Å². The Bertz CT molecular complexity index is 463. The number of rotatable bonds is 6. The molecule has 2 rings (SSSR count). The van der Waals surface area contributed by atoms with Crippen molar-refractivity contribution in [3.8, 4) is 0 Å². The molecule has 0 aliphatic heterocycles. The molecule has 19 heavy (non-hydrogen) atoms. The Labute approximate surface area is 120 Å². The molecule has 0 aromatic heterocycles. The summed E-state index contributed by atoms with van der Waals surface area (Å²) in [6, 6.07) is 4.44. The molecule has 0 saturated heterocycles. The molecule has 1 aromatic carbocycles. The molecule has 1 fully saturated rings. The van der Waals surface area contributed by atoms with Crippen molar-refractivity contribution in [2.24, 2.45) is 5.92 Å². The summed E-state index contributed by atoms with van der Waals surface area (Å²) in [6.45, 7) is 0.313. The molecule has 3 nitrogen and oxygen atoms in total. The molecule has 2 N–H and O–H groups in total. The molecule has 1 aromatic rings. The molecule has 1 atom stereocenters. The fourth-order valence-electron chi connectivity index (χ4n) is 1.94. The number of hydrogen-bond donors (Lipinski definition) is 2. The SMILES string of the molecule is O=C(CCc1cc(F)ccc1Br)NC[C@@H](O)C1CC1. The lowest BCUT2D eigenvalue weighted by Crippen LogP contribution is -2.33. The number of nitrogens with one attached hydrogen (secondary N) is 1. The van der Waals surface area contributed by atoms with Crippen LogP contribution in [-0.4, -0.2) is 23.7 Å². The smallest absolute Gasteiger partial charge is 0.220 e. The summed E-state index contributed by atoms with van der Waals surface area (Å²) in [4.78, 5) is 11.6. The molecule has 1 saturated carbocycles. The highest BCUT2D eigenvalue weighted by Crippen LogP contribution is 2.32. The highest BCUT2D eigenvalue weighted by atomic mass is 79.9. The van der Waals surface area contributed by atoms with E-state index in [4.69, 9.17) is 0 Å². The van der Waals surface area contributed by atoms with Gasteiger partial charge in [-0.1, -0.05) is 15.9 Å². The first kappa shape index (κ1) is 14.5. The summed E-state index contributed by atoms with van der Waals surface area (Å²) >= 11 is 3.33. The van der Waals surface area contributed by atoms with E-state index in [9.17, 15) is 14.3 Å². The molecule has 1 aliphatic carbocycles. The summed E-state index contributed by atoms with van der Waals surface area (Å²) in [6.07, 6.45) is 2.44. The van der Waals surface area contributed by atoms with E-state index in [1.54, 1.807) is 6.07 Å².